The van der Waals surface area contributed by atoms with Crippen LogP contribution in [0.4, 0.5) is 5.69 Å². The average Bonchev–Trinajstić information content (AvgIpc) is 3.31. The fraction of sp³-hybridized carbons (Fsp3) is 0.389. The number of benzene rings is 1. The third-order valence-electron chi connectivity index (χ3n) is 4.09. The molecule has 110 valence electrons. The van der Waals surface area contributed by atoms with Gasteiger partial charge in [0, 0.05) is 44.3 Å². The molecule has 1 aliphatic carbocycles. The first-order valence-electron chi connectivity index (χ1n) is 7.65. The fourth-order valence-corrected chi connectivity index (χ4v) is 2.51. The van der Waals surface area contributed by atoms with Crippen LogP contribution in [0.15, 0.2) is 42.7 Å². The Morgan fingerprint density at radius 3 is 2.62 bits per heavy atom. The molecule has 1 saturated carbocycles. The lowest BCUT2D eigenvalue weighted by atomic mass is 10.1. The van der Waals surface area contributed by atoms with Gasteiger partial charge in [-0.15, -0.1) is 0 Å². The molecule has 0 bridgehead atoms. The summed E-state index contributed by atoms with van der Waals surface area (Å²) >= 11 is 0. The van der Waals surface area contributed by atoms with Crippen molar-refractivity contribution in [3.63, 3.8) is 0 Å². The van der Waals surface area contributed by atoms with E-state index in [2.05, 4.69) is 59.5 Å². The molecule has 2 aromatic rings. The number of anilines is 1. The summed E-state index contributed by atoms with van der Waals surface area (Å²) in [4.78, 5) is 6.34. The number of nitrogens with one attached hydrogen (secondary N) is 1. The Bertz CT molecular complexity index is 591. The highest BCUT2D eigenvalue weighted by molar-refractivity contribution is 5.50. The summed E-state index contributed by atoms with van der Waals surface area (Å²) in [5, 5.41) is 3.58. The van der Waals surface area contributed by atoms with Crippen LogP contribution in [0.25, 0.3) is 0 Å². The Morgan fingerprint density at radius 2 is 1.95 bits per heavy atom. The van der Waals surface area contributed by atoms with Gasteiger partial charge in [0.25, 0.3) is 0 Å². The van der Waals surface area contributed by atoms with E-state index in [4.69, 9.17) is 0 Å². The largest absolute Gasteiger partial charge is 0.370 e. The molecular formula is C18H23N3. The first kappa shape index (κ1) is 14.1. The fourth-order valence-electron chi connectivity index (χ4n) is 2.51. The monoisotopic (exact) mass is 281 g/mol. The highest BCUT2D eigenvalue weighted by atomic mass is 15.1. The Kier molecular flexibility index (Phi) is 4.20. The van der Waals surface area contributed by atoms with Crippen LogP contribution in [0.5, 0.6) is 0 Å². The first-order valence-corrected chi connectivity index (χ1v) is 7.65. The number of aryl methyl sites for hydroxylation is 1. The zero-order valence-corrected chi connectivity index (χ0v) is 12.8. The molecule has 1 aliphatic rings. The Morgan fingerprint density at radius 1 is 1.19 bits per heavy atom. The molecule has 1 N–H and O–H groups in total. The van der Waals surface area contributed by atoms with Crippen molar-refractivity contribution < 1.29 is 0 Å². The summed E-state index contributed by atoms with van der Waals surface area (Å²) in [6, 6.07) is 11.7. The third kappa shape index (κ3) is 3.82. The lowest BCUT2D eigenvalue weighted by Gasteiger charge is -2.21. The van der Waals surface area contributed by atoms with Gasteiger partial charge in [-0.3, -0.25) is 4.98 Å². The van der Waals surface area contributed by atoms with Gasteiger partial charge in [-0.2, -0.15) is 0 Å². The zero-order valence-electron chi connectivity index (χ0n) is 12.8. The second kappa shape index (κ2) is 6.27. The topological polar surface area (TPSA) is 28.2 Å². The minimum absolute atomic E-state index is 0.762. The lowest BCUT2D eigenvalue weighted by Crippen LogP contribution is -2.18. The molecule has 3 nitrogen and oxygen atoms in total. The van der Waals surface area contributed by atoms with Gasteiger partial charge in [-0.25, -0.2) is 0 Å². The summed E-state index contributed by atoms with van der Waals surface area (Å²) in [7, 11) is 2.14. The third-order valence-corrected chi connectivity index (χ3v) is 4.09. The van der Waals surface area contributed by atoms with Crippen LogP contribution >= 0.6 is 0 Å². The van der Waals surface area contributed by atoms with Crippen molar-refractivity contribution in [1.82, 2.24) is 10.3 Å². The maximum Gasteiger partial charge on any atom is 0.0427 e. The van der Waals surface area contributed by atoms with Crippen molar-refractivity contribution >= 4 is 5.69 Å². The summed E-state index contributed by atoms with van der Waals surface area (Å²) in [5.41, 5.74) is 5.31. The SMILES string of the molecule is Cc1cc(N(C)Cc2ccncc2)ccc1CNC1CC1. The van der Waals surface area contributed by atoms with E-state index in [0.29, 0.717) is 0 Å². The van der Waals surface area contributed by atoms with Crippen LogP contribution in [0.3, 0.4) is 0 Å². The Hall–Kier alpha value is -1.87. The van der Waals surface area contributed by atoms with Crippen molar-refractivity contribution in [2.75, 3.05) is 11.9 Å². The van der Waals surface area contributed by atoms with Gasteiger partial charge in [0.2, 0.25) is 0 Å². The smallest absolute Gasteiger partial charge is 0.0427 e. The lowest BCUT2D eigenvalue weighted by molar-refractivity contribution is 0.685. The highest BCUT2D eigenvalue weighted by Gasteiger charge is 2.20. The van der Waals surface area contributed by atoms with Crippen molar-refractivity contribution in [2.45, 2.75) is 38.9 Å². The van der Waals surface area contributed by atoms with Crippen LogP contribution in [-0.4, -0.2) is 18.1 Å². The van der Waals surface area contributed by atoms with Crippen molar-refractivity contribution in [3.05, 3.63) is 59.4 Å². The molecule has 0 saturated heterocycles. The van der Waals surface area contributed by atoms with Gasteiger partial charge in [0.1, 0.15) is 0 Å². The van der Waals surface area contributed by atoms with Crippen molar-refractivity contribution in [3.8, 4) is 0 Å². The van der Waals surface area contributed by atoms with Gasteiger partial charge >= 0.3 is 0 Å². The Labute approximate surface area is 127 Å². The zero-order chi connectivity index (χ0) is 14.7. The minimum Gasteiger partial charge on any atom is -0.370 e. The predicted octanol–water partition coefficient (Wildman–Crippen LogP) is 3.28. The predicted molar refractivity (Wildman–Crippen MR) is 87.4 cm³/mol. The number of aromatic nitrogens is 1. The summed E-state index contributed by atoms with van der Waals surface area (Å²) in [5.74, 6) is 0. The molecule has 1 aromatic carbocycles. The summed E-state index contributed by atoms with van der Waals surface area (Å²) in [6.07, 6.45) is 6.37. The van der Waals surface area contributed by atoms with Crippen LogP contribution in [0.2, 0.25) is 0 Å². The van der Waals surface area contributed by atoms with E-state index in [1.807, 2.05) is 12.4 Å². The number of hydrogen-bond donors (Lipinski definition) is 1. The quantitative estimate of drug-likeness (QED) is 0.880. The molecule has 0 atom stereocenters. The molecule has 0 radical (unpaired) electrons. The maximum absolute atomic E-state index is 4.07. The second-order valence-corrected chi connectivity index (χ2v) is 5.98. The minimum atomic E-state index is 0.762. The van der Waals surface area contributed by atoms with E-state index in [9.17, 15) is 0 Å². The molecule has 3 heteroatoms. The van der Waals surface area contributed by atoms with Gasteiger partial charge in [0.15, 0.2) is 0 Å². The molecule has 3 rings (SSSR count). The number of rotatable bonds is 6. The van der Waals surface area contributed by atoms with Crippen LogP contribution < -0.4 is 10.2 Å². The van der Waals surface area contributed by atoms with Gasteiger partial charge < -0.3 is 10.2 Å². The summed E-state index contributed by atoms with van der Waals surface area (Å²) < 4.78 is 0. The molecule has 1 aromatic heterocycles. The number of pyridine rings is 1. The van der Waals surface area contributed by atoms with E-state index in [1.54, 1.807) is 0 Å². The molecule has 0 amide bonds. The van der Waals surface area contributed by atoms with Gasteiger partial charge in [0.05, 0.1) is 0 Å². The maximum atomic E-state index is 4.07. The van der Waals surface area contributed by atoms with Crippen molar-refractivity contribution in [1.29, 1.82) is 0 Å². The molecular weight excluding hydrogens is 258 g/mol. The molecule has 0 spiro atoms. The average molecular weight is 281 g/mol. The highest BCUT2D eigenvalue weighted by Crippen LogP contribution is 2.22. The molecule has 21 heavy (non-hydrogen) atoms. The van der Waals surface area contributed by atoms with E-state index < -0.39 is 0 Å². The first-order chi connectivity index (χ1) is 10.2. The van der Waals surface area contributed by atoms with E-state index in [-0.39, 0.29) is 0 Å². The van der Waals surface area contributed by atoms with Crippen molar-refractivity contribution in [2.24, 2.45) is 0 Å². The van der Waals surface area contributed by atoms with Gasteiger partial charge in [-0.05, 0) is 60.7 Å². The normalized spacial score (nSPS) is 14.2. The number of nitrogens with zero attached hydrogens (tertiary/aromatic N) is 2. The van der Waals surface area contributed by atoms with Crippen LogP contribution in [0.1, 0.15) is 29.5 Å². The Balaban J connectivity index is 1.65. The van der Waals surface area contributed by atoms with Gasteiger partial charge in [-0.1, -0.05) is 6.07 Å². The van der Waals surface area contributed by atoms with Crippen LogP contribution in [0, 0.1) is 6.92 Å². The molecule has 1 fully saturated rings. The van der Waals surface area contributed by atoms with E-state index in [0.717, 1.165) is 19.1 Å². The molecule has 0 unspecified atom stereocenters. The molecule has 0 aliphatic heterocycles. The van der Waals surface area contributed by atoms with Crippen LogP contribution in [-0.2, 0) is 13.1 Å². The van der Waals surface area contributed by atoms with E-state index >= 15 is 0 Å². The summed E-state index contributed by atoms with van der Waals surface area (Å²) in [6.45, 7) is 4.10. The standard InChI is InChI=1S/C18H23N3/c1-14-11-18(6-3-16(14)12-20-17-4-5-17)21(2)13-15-7-9-19-10-8-15/h3,6-11,17,20H,4-5,12-13H2,1-2H3. The number of hydrogen-bond acceptors (Lipinski definition) is 3. The second-order valence-electron chi connectivity index (χ2n) is 5.98. The van der Waals surface area contributed by atoms with E-state index in [1.165, 1.54) is 35.2 Å². The molecule has 1 heterocycles.